The maximum absolute atomic E-state index is 9.14. The van der Waals surface area contributed by atoms with Gasteiger partial charge in [-0.1, -0.05) is 107 Å². The molecule has 0 saturated carbocycles. The summed E-state index contributed by atoms with van der Waals surface area (Å²) >= 11 is 0. The van der Waals surface area contributed by atoms with E-state index in [4.69, 9.17) is 5.41 Å². The van der Waals surface area contributed by atoms with Gasteiger partial charge in [0.25, 0.3) is 0 Å². The van der Waals surface area contributed by atoms with Crippen LogP contribution in [0.2, 0.25) is 0 Å². The van der Waals surface area contributed by atoms with E-state index in [1.54, 1.807) is 0 Å². The Bertz CT molecular complexity index is 358. The van der Waals surface area contributed by atoms with Crippen molar-refractivity contribution in [2.24, 2.45) is 23.7 Å². The van der Waals surface area contributed by atoms with Gasteiger partial charge in [0.2, 0.25) is 0 Å². The fraction of sp³-hybridized carbons (Fsp3) is 0.966. The first-order chi connectivity index (χ1) is 15.1. The van der Waals surface area contributed by atoms with Crippen molar-refractivity contribution >= 4 is 5.96 Å². The Kier molecular flexibility index (Phi) is 19.3. The smallest absolute Gasteiger partial charge is 0.193 e. The van der Waals surface area contributed by atoms with Gasteiger partial charge >= 0.3 is 0 Å². The summed E-state index contributed by atoms with van der Waals surface area (Å²) in [5.41, 5.74) is 0. The number of nitrogens with one attached hydrogen (secondary N) is 1. The molecule has 3 heteroatoms. The molecule has 0 aromatic heterocycles. The molecule has 0 bridgehead atoms. The SMILES string of the molecule is CC(C)CCCCN(CCCCC(C)C)C(=N)N(CCCCC(C)C)CCCCC(C)C. The summed E-state index contributed by atoms with van der Waals surface area (Å²) in [5, 5.41) is 9.14. The zero-order chi connectivity index (χ0) is 24.4. The molecule has 0 rings (SSSR count). The van der Waals surface area contributed by atoms with Gasteiger partial charge in [-0.25, -0.2) is 0 Å². The van der Waals surface area contributed by atoms with E-state index in [2.05, 4.69) is 65.2 Å². The van der Waals surface area contributed by atoms with E-state index in [0.717, 1.165) is 55.8 Å². The van der Waals surface area contributed by atoms with Crippen LogP contribution in [0.25, 0.3) is 0 Å². The third kappa shape index (κ3) is 18.8. The molecular weight excluding hydrogens is 390 g/mol. The van der Waals surface area contributed by atoms with Crippen LogP contribution in [0.4, 0.5) is 0 Å². The zero-order valence-electron chi connectivity index (χ0n) is 23.5. The standard InChI is InChI=1S/C29H61N3/c1-25(2)17-9-13-21-31(22-14-10-18-26(3)4)29(30)32(23-15-11-19-27(5)6)24-16-12-20-28(7)8/h25-28,30H,9-24H2,1-8H3. The zero-order valence-corrected chi connectivity index (χ0v) is 23.5. The fourth-order valence-corrected chi connectivity index (χ4v) is 4.27. The molecule has 0 amide bonds. The van der Waals surface area contributed by atoms with Gasteiger partial charge in [-0.3, -0.25) is 5.41 Å². The fourth-order valence-electron chi connectivity index (χ4n) is 4.27. The third-order valence-corrected chi connectivity index (χ3v) is 6.44. The number of hydrogen-bond acceptors (Lipinski definition) is 1. The highest BCUT2D eigenvalue weighted by Crippen LogP contribution is 2.14. The lowest BCUT2D eigenvalue weighted by Gasteiger charge is -2.34. The van der Waals surface area contributed by atoms with E-state index in [0.29, 0.717) is 0 Å². The first-order valence-electron chi connectivity index (χ1n) is 14.2. The van der Waals surface area contributed by atoms with Crippen molar-refractivity contribution in [3.8, 4) is 0 Å². The number of unbranched alkanes of at least 4 members (excludes halogenated alkanes) is 4. The number of rotatable bonds is 20. The quantitative estimate of drug-likeness (QED) is 0.114. The summed E-state index contributed by atoms with van der Waals surface area (Å²) in [6.07, 6.45) is 15.3. The molecule has 1 N–H and O–H groups in total. The summed E-state index contributed by atoms with van der Waals surface area (Å²) in [4.78, 5) is 4.84. The summed E-state index contributed by atoms with van der Waals surface area (Å²) in [6, 6.07) is 0. The average molecular weight is 452 g/mol. The van der Waals surface area contributed by atoms with Crippen LogP contribution in [0.15, 0.2) is 0 Å². The first-order valence-corrected chi connectivity index (χ1v) is 14.2. The van der Waals surface area contributed by atoms with Gasteiger partial charge in [0.15, 0.2) is 5.96 Å². The summed E-state index contributed by atoms with van der Waals surface area (Å²) in [7, 11) is 0. The molecule has 0 heterocycles. The Morgan fingerprint density at radius 3 is 0.844 bits per heavy atom. The highest BCUT2D eigenvalue weighted by molar-refractivity contribution is 5.76. The molecule has 0 spiro atoms. The van der Waals surface area contributed by atoms with Gasteiger partial charge in [0.1, 0.15) is 0 Å². The number of guanidine groups is 1. The van der Waals surface area contributed by atoms with Gasteiger partial charge in [-0.2, -0.15) is 0 Å². The molecule has 32 heavy (non-hydrogen) atoms. The van der Waals surface area contributed by atoms with Crippen molar-refractivity contribution in [2.45, 2.75) is 132 Å². The van der Waals surface area contributed by atoms with Gasteiger partial charge in [0.05, 0.1) is 0 Å². The molecule has 0 atom stereocenters. The van der Waals surface area contributed by atoms with Gasteiger partial charge < -0.3 is 9.80 Å². The summed E-state index contributed by atoms with van der Waals surface area (Å²) in [6.45, 7) is 22.8. The molecule has 0 saturated heterocycles. The van der Waals surface area contributed by atoms with E-state index in [1.165, 1.54) is 77.0 Å². The van der Waals surface area contributed by atoms with Crippen LogP contribution in [0.5, 0.6) is 0 Å². The van der Waals surface area contributed by atoms with Crippen LogP contribution in [0, 0.1) is 29.1 Å². The van der Waals surface area contributed by atoms with E-state index >= 15 is 0 Å². The van der Waals surface area contributed by atoms with Crippen molar-refractivity contribution in [2.75, 3.05) is 26.2 Å². The Balaban J connectivity index is 4.92. The van der Waals surface area contributed by atoms with Crippen LogP contribution in [0.3, 0.4) is 0 Å². The second kappa shape index (κ2) is 19.7. The minimum absolute atomic E-state index is 0.785. The molecule has 0 aliphatic rings. The average Bonchev–Trinajstić information content (AvgIpc) is 2.70. The van der Waals surface area contributed by atoms with E-state index in [9.17, 15) is 0 Å². The maximum atomic E-state index is 9.14. The molecule has 0 fully saturated rings. The van der Waals surface area contributed by atoms with Crippen LogP contribution in [-0.4, -0.2) is 41.9 Å². The monoisotopic (exact) mass is 451 g/mol. The largest absolute Gasteiger partial charge is 0.343 e. The number of nitrogens with zero attached hydrogens (tertiary/aromatic N) is 2. The van der Waals surface area contributed by atoms with Crippen LogP contribution in [0.1, 0.15) is 132 Å². The van der Waals surface area contributed by atoms with Gasteiger partial charge in [0, 0.05) is 26.2 Å². The van der Waals surface area contributed by atoms with Crippen molar-refractivity contribution in [3.05, 3.63) is 0 Å². The van der Waals surface area contributed by atoms with Gasteiger partial charge in [-0.05, 0) is 49.4 Å². The Morgan fingerprint density at radius 2 is 0.656 bits per heavy atom. The normalized spacial score (nSPS) is 11.9. The molecule has 192 valence electrons. The molecule has 0 radical (unpaired) electrons. The molecule has 0 aromatic carbocycles. The van der Waals surface area contributed by atoms with Crippen molar-refractivity contribution in [3.63, 3.8) is 0 Å². The van der Waals surface area contributed by atoms with Crippen LogP contribution < -0.4 is 0 Å². The highest BCUT2D eigenvalue weighted by Gasteiger charge is 2.17. The summed E-state index contributed by atoms with van der Waals surface area (Å²) in [5.74, 6) is 3.95. The van der Waals surface area contributed by atoms with Crippen molar-refractivity contribution in [1.82, 2.24) is 9.80 Å². The minimum Gasteiger partial charge on any atom is -0.343 e. The minimum atomic E-state index is 0.785. The topological polar surface area (TPSA) is 30.3 Å². The highest BCUT2D eigenvalue weighted by atomic mass is 15.4. The van der Waals surface area contributed by atoms with Crippen molar-refractivity contribution in [1.29, 1.82) is 5.41 Å². The second-order valence-electron chi connectivity index (χ2n) is 11.9. The lowest BCUT2D eigenvalue weighted by molar-refractivity contribution is 0.287. The number of hydrogen-bond donors (Lipinski definition) is 1. The Hall–Kier alpha value is -0.730. The third-order valence-electron chi connectivity index (χ3n) is 6.44. The Morgan fingerprint density at radius 1 is 0.438 bits per heavy atom. The first kappa shape index (κ1) is 31.3. The van der Waals surface area contributed by atoms with E-state index in [-0.39, 0.29) is 0 Å². The molecule has 0 aromatic rings. The molecular formula is C29H61N3. The van der Waals surface area contributed by atoms with E-state index < -0.39 is 0 Å². The predicted molar refractivity (Wildman–Crippen MR) is 146 cm³/mol. The van der Waals surface area contributed by atoms with E-state index in [1.807, 2.05) is 0 Å². The summed E-state index contributed by atoms with van der Waals surface area (Å²) < 4.78 is 0. The lowest BCUT2D eigenvalue weighted by Crippen LogP contribution is -2.45. The van der Waals surface area contributed by atoms with Crippen LogP contribution >= 0.6 is 0 Å². The van der Waals surface area contributed by atoms with Crippen molar-refractivity contribution < 1.29 is 0 Å². The molecule has 0 aliphatic heterocycles. The molecule has 0 unspecified atom stereocenters. The van der Waals surface area contributed by atoms with Crippen LogP contribution in [-0.2, 0) is 0 Å². The molecule has 0 aliphatic carbocycles. The lowest BCUT2D eigenvalue weighted by atomic mass is 10.0. The maximum Gasteiger partial charge on any atom is 0.193 e. The second-order valence-corrected chi connectivity index (χ2v) is 11.9. The van der Waals surface area contributed by atoms with Gasteiger partial charge in [-0.15, -0.1) is 0 Å². The Labute approximate surface area is 203 Å². The predicted octanol–water partition coefficient (Wildman–Crippen LogP) is 8.83. The molecule has 3 nitrogen and oxygen atoms in total.